The van der Waals surface area contributed by atoms with E-state index >= 15 is 0 Å². The molecule has 0 bridgehead atoms. The highest BCUT2D eigenvalue weighted by Gasteiger charge is 2.25. The van der Waals surface area contributed by atoms with Crippen LogP contribution in [-0.2, 0) is 26.4 Å². The summed E-state index contributed by atoms with van der Waals surface area (Å²) in [6.07, 6.45) is 0.723. The highest BCUT2D eigenvalue weighted by Crippen LogP contribution is 2.29. The minimum atomic E-state index is -4.42. The Hall–Kier alpha value is -4.37. The van der Waals surface area contributed by atoms with Crippen LogP contribution in [0.3, 0.4) is 0 Å². The Bertz CT molecular complexity index is 2270. The first-order valence-electron chi connectivity index (χ1n) is 18.3. The highest BCUT2D eigenvalue weighted by molar-refractivity contribution is 7.99. The monoisotopic (exact) mass is 833 g/mol. The number of hydrogen-bond acceptors (Lipinski definition) is 10. The number of amides is 1. The van der Waals surface area contributed by atoms with Crippen LogP contribution in [0.2, 0.25) is 5.02 Å². The first kappa shape index (κ1) is 42.8. The summed E-state index contributed by atoms with van der Waals surface area (Å²) in [5.41, 5.74) is 4.60. The predicted octanol–water partition coefficient (Wildman–Crippen LogP) is 7.65. The van der Waals surface area contributed by atoms with Crippen LogP contribution in [0.5, 0.6) is 0 Å². The number of rotatable bonds is 20. The SMILES string of the molecule is CCS(=O)(=O)c1cc(S(=O)(=O)NC(=O)c2ccc(NCCNCc3ccccc3-c3ccc(Cl)cc3)cc2)ccc1N[C@H](CCN(C)C)CSc1ccccc1. The molecule has 0 unspecified atom stereocenters. The summed E-state index contributed by atoms with van der Waals surface area (Å²) in [7, 11) is -4.33. The van der Waals surface area contributed by atoms with E-state index in [1.807, 2.05) is 80.8 Å². The van der Waals surface area contributed by atoms with Crippen molar-refractivity contribution in [2.75, 3.05) is 55.9 Å². The normalized spacial score (nSPS) is 12.3. The van der Waals surface area contributed by atoms with E-state index in [1.54, 1.807) is 23.9 Å². The van der Waals surface area contributed by atoms with E-state index in [0.717, 1.165) is 46.3 Å². The molecule has 4 N–H and O–H groups in total. The first-order chi connectivity index (χ1) is 26.8. The van der Waals surface area contributed by atoms with Crippen molar-refractivity contribution >= 4 is 60.5 Å². The van der Waals surface area contributed by atoms with E-state index in [-0.39, 0.29) is 27.1 Å². The lowest BCUT2D eigenvalue weighted by Crippen LogP contribution is -2.31. The fourth-order valence-electron chi connectivity index (χ4n) is 5.83. The Morgan fingerprint density at radius 1 is 0.821 bits per heavy atom. The molecule has 0 saturated heterocycles. The van der Waals surface area contributed by atoms with Gasteiger partial charge in [-0.3, -0.25) is 4.79 Å². The van der Waals surface area contributed by atoms with Crippen LogP contribution in [0.4, 0.5) is 11.4 Å². The van der Waals surface area contributed by atoms with Gasteiger partial charge in [-0.15, -0.1) is 11.8 Å². The topological polar surface area (TPSA) is 137 Å². The Labute approximate surface area is 340 Å². The zero-order valence-electron chi connectivity index (χ0n) is 31.7. The molecule has 56 heavy (non-hydrogen) atoms. The standard InChI is InChI=1S/C42H48ClN5O5S3/c1-4-55(50,51)41-28-38(22-23-40(41)46-36(24-27-48(2)3)30-54-37-11-6-5-7-12-37)56(52,53)47-42(49)32-16-20-35(21-17-32)45-26-25-44-29-33-10-8-9-13-39(33)31-14-18-34(43)19-15-31/h5-23,28,36,44-46H,4,24-27,29-30H2,1-3H3,(H,47,49)/t36-/m1/s1. The molecule has 0 fully saturated rings. The molecule has 5 aromatic rings. The average molecular weight is 835 g/mol. The zero-order valence-corrected chi connectivity index (χ0v) is 34.9. The van der Waals surface area contributed by atoms with Gasteiger partial charge in [-0.25, -0.2) is 21.6 Å². The van der Waals surface area contributed by atoms with Crippen LogP contribution in [0.1, 0.15) is 29.3 Å². The molecule has 1 atom stereocenters. The second-order valence-electron chi connectivity index (χ2n) is 13.4. The van der Waals surface area contributed by atoms with Crippen LogP contribution >= 0.6 is 23.4 Å². The Balaban J connectivity index is 1.19. The van der Waals surface area contributed by atoms with Gasteiger partial charge in [-0.05, 0) is 110 Å². The molecule has 10 nitrogen and oxygen atoms in total. The van der Waals surface area contributed by atoms with E-state index in [0.29, 0.717) is 36.1 Å². The van der Waals surface area contributed by atoms with Crippen LogP contribution < -0.4 is 20.7 Å². The number of thioether (sulfide) groups is 1. The molecule has 0 aliphatic heterocycles. The molecular formula is C42H48ClN5O5S3. The van der Waals surface area contributed by atoms with Gasteiger partial charge in [0.1, 0.15) is 0 Å². The van der Waals surface area contributed by atoms with Crippen molar-refractivity contribution in [1.82, 2.24) is 14.9 Å². The molecule has 0 spiro atoms. The molecule has 0 aliphatic rings. The summed E-state index contributed by atoms with van der Waals surface area (Å²) in [5, 5.41) is 10.8. The molecule has 0 heterocycles. The molecule has 296 valence electrons. The maximum Gasteiger partial charge on any atom is 0.264 e. The number of anilines is 2. The van der Waals surface area contributed by atoms with E-state index in [1.165, 1.54) is 31.2 Å². The van der Waals surface area contributed by atoms with E-state index < -0.39 is 25.8 Å². The third-order valence-corrected chi connectivity index (χ3v) is 13.5. The Morgan fingerprint density at radius 2 is 1.52 bits per heavy atom. The molecule has 0 aliphatic carbocycles. The summed E-state index contributed by atoms with van der Waals surface area (Å²) in [6.45, 7) is 4.22. The largest absolute Gasteiger partial charge is 0.384 e. The number of benzene rings is 5. The molecule has 14 heteroatoms. The number of nitrogens with one attached hydrogen (secondary N) is 4. The van der Waals surface area contributed by atoms with E-state index in [9.17, 15) is 21.6 Å². The molecule has 0 saturated carbocycles. The highest BCUT2D eigenvalue weighted by atomic mass is 35.5. The first-order valence-corrected chi connectivity index (χ1v) is 22.8. The third-order valence-electron chi connectivity index (χ3n) is 8.95. The van der Waals surface area contributed by atoms with Crippen molar-refractivity contribution in [3.05, 3.63) is 137 Å². The quantitative estimate of drug-likeness (QED) is 0.0458. The van der Waals surface area contributed by atoms with Crippen LogP contribution in [0.25, 0.3) is 11.1 Å². The Kier molecular flexibility index (Phi) is 15.4. The number of sulfone groups is 1. The van der Waals surface area contributed by atoms with Gasteiger partial charge in [0.2, 0.25) is 0 Å². The molecule has 5 rings (SSSR count). The van der Waals surface area contributed by atoms with Crippen molar-refractivity contribution < 1.29 is 21.6 Å². The van der Waals surface area contributed by atoms with Crippen LogP contribution in [0.15, 0.2) is 136 Å². The van der Waals surface area contributed by atoms with Crippen molar-refractivity contribution in [2.45, 2.75) is 40.6 Å². The number of sulfonamides is 1. The number of carbonyl (C=O) groups excluding carboxylic acids is 1. The molecule has 0 radical (unpaired) electrons. The average Bonchev–Trinajstić information content (AvgIpc) is 3.19. The lowest BCUT2D eigenvalue weighted by molar-refractivity contribution is 0.0981. The van der Waals surface area contributed by atoms with E-state index in [4.69, 9.17) is 11.6 Å². The second kappa shape index (κ2) is 20.2. The van der Waals surface area contributed by atoms with Gasteiger partial charge in [0.25, 0.3) is 15.9 Å². The van der Waals surface area contributed by atoms with Gasteiger partial charge >= 0.3 is 0 Å². The molecular weight excluding hydrogens is 786 g/mol. The number of halogens is 1. The maximum absolute atomic E-state index is 13.5. The number of nitrogens with zero attached hydrogens (tertiary/aromatic N) is 1. The van der Waals surface area contributed by atoms with Gasteiger partial charge in [0.05, 0.1) is 21.2 Å². The lowest BCUT2D eigenvalue weighted by atomic mass is 10.00. The number of carbonyl (C=O) groups is 1. The van der Waals surface area contributed by atoms with Gasteiger partial charge < -0.3 is 20.9 Å². The maximum atomic E-state index is 13.5. The van der Waals surface area contributed by atoms with Crippen molar-refractivity contribution in [1.29, 1.82) is 0 Å². The summed E-state index contributed by atoms with van der Waals surface area (Å²) in [5.74, 6) is -0.402. The third kappa shape index (κ3) is 12.3. The van der Waals surface area contributed by atoms with Gasteiger partial charge in [-0.1, -0.05) is 73.1 Å². The lowest BCUT2D eigenvalue weighted by Gasteiger charge is -2.23. The van der Waals surface area contributed by atoms with E-state index in [2.05, 4.69) is 37.7 Å². The Morgan fingerprint density at radius 3 is 2.21 bits per heavy atom. The van der Waals surface area contributed by atoms with Crippen molar-refractivity contribution in [3.8, 4) is 11.1 Å². The van der Waals surface area contributed by atoms with Gasteiger partial charge in [0.15, 0.2) is 9.84 Å². The second-order valence-corrected chi connectivity index (χ2v) is 18.9. The molecule has 1 amide bonds. The van der Waals surface area contributed by atoms with Gasteiger partial charge in [-0.2, -0.15) is 0 Å². The smallest absolute Gasteiger partial charge is 0.264 e. The predicted molar refractivity (Wildman–Crippen MR) is 230 cm³/mol. The zero-order chi connectivity index (χ0) is 40.1. The van der Waals surface area contributed by atoms with Crippen LogP contribution in [-0.4, -0.2) is 78.9 Å². The van der Waals surface area contributed by atoms with Crippen molar-refractivity contribution in [2.24, 2.45) is 0 Å². The molecule has 5 aromatic carbocycles. The fraction of sp³-hybridized carbons (Fsp3) is 0.262. The summed E-state index contributed by atoms with van der Waals surface area (Å²) in [6, 6.07) is 36.1. The minimum Gasteiger partial charge on any atom is -0.384 e. The minimum absolute atomic E-state index is 0.118. The summed E-state index contributed by atoms with van der Waals surface area (Å²) >= 11 is 7.72. The van der Waals surface area contributed by atoms with Crippen LogP contribution in [0, 0.1) is 0 Å². The fourth-order valence-corrected chi connectivity index (χ4v) is 9.10. The van der Waals surface area contributed by atoms with Crippen molar-refractivity contribution in [3.63, 3.8) is 0 Å². The van der Waals surface area contributed by atoms with Gasteiger partial charge in [0, 0.05) is 52.6 Å². The number of hydrogen-bond donors (Lipinski definition) is 4. The summed E-state index contributed by atoms with van der Waals surface area (Å²) in [4.78, 5) is 15.8. The summed E-state index contributed by atoms with van der Waals surface area (Å²) < 4.78 is 55.6. The molecule has 0 aromatic heterocycles.